The molecule has 0 bridgehead atoms. The van der Waals surface area contributed by atoms with Crippen molar-refractivity contribution in [2.45, 2.75) is 53.0 Å². The van der Waals surface area contributed by atoms with Crippen molar-refractivity contribution in [2.75, 3.05) is 0 Å². The zero-order valence-corrected chi connectivity index (χ0v) is 22.1. The number of benzene rings is 3. The molecule has 2 heteroatoms. The Labute approximate surface area is 216 Å². The van der Waals surface area contributed by atoms with Gasteiger partial charge in [-0.1, -0.05) is 87.5 Å². The van der Waals surface area contributed by atoms with Crippen molar-refractivity contribution in [3.8, 4) is 22.5 Å². The fraction of sp³-hybridized carbons (Fsp3) is 0.235. The summed E-state index contributed by atoms with van der Waals surface area (Å²) in [5.74, 6) is 0.631. The fourth-order valence-electron chi connectivity index (χ4n) is 5.28. The molecule has 0 saturated carbocycles. The number of fused-ring (bicyclic) bond motifs is 4. The summed E-state index contributed by atoms with van der Waals surface area (Å²) in [6.07, 6.45) is 5.28. The summed E-state index contributed by atoms with van der Waals surface area (Å²) in [5.41, 5.74) is 7.80. The molecule has 0 saturated heterocycles. The third kappa shape index (κ3) is 4.95. The minimum Gasteiger partial charge on any atom is -0.256 e. The molecule has 1 unspecified atom stereocenters. The molecule has 0 N–H and O–H groups in total. The van der Waals surface area contributed by atoms with Gasteiger partial charge >= 0.3 is 0 Å². The van der Waals surface area contributed by atoms with E-state index in [2.05, 4.69) is 134 Å². The zero-order valence-electron chi connectivity index (χ0n) is 22.1. The second kappa shape index (κ2) is 11.8. The Kier molecular flexibility index (Phi) is 8.28. The van der Waals surface area contributed by atoms with Crippen LogP contribution in [0.1, 0.15) is 57.2 Å². The quantitative estimate of drug-likeness (QED) is 0.234. The van der Waals surface area contributed by atoms with Crippen LogP contribution in [0, 0.1) is 6.92 Å². The number of aromatic nitrogens is 2. The molecule has 0 aliphatic carbocycles. The van der Waals surface area contributed by atoms with Gasteiger partial charge in [0.05, 0.1) is 5.69 Å². The van der Waals surface area contributed by atoms with Crippen LogP contribution in [-0.2, 0) is 0 Å². The number of pyridine rings is 2. The highest BCUT2D eigenvalue weighted by Gasteiger charge is 2.35. The van der Waals surface area contributed by atoms with Crippen LogP contribution in [0.4, 0.5) is 0 Å². The molecule has 36 heavy (non-hydrogen) atoms. The summed E-state index contributed by atoms with van der Waals surface area (Å²) in [4.78, 5) is 4.54. The Morgan fingerprint density at radius 3 is 2.19 bits per heavy atom. The van der Waals surface area contributed by atoms with E-state index < -0.39 is 0 Å². The van der Waals surface area contributed by atoms with Gasteiger partial charge in [-0.15, -0.1) is 0 Å². The third-order valence-corrected chi connectivity index (χ3v) is 7.06. The molecule has 0 amide bonds. The van der Waals surface area contributed by atoms with Gasteiger partial charge in [0, 0.05) is 40.8 Å². The topological polar surface area (TPSA) is 16.8 Å². The second-order valence-corrected chi connectivity index (χ2v) is 9.03. The molecule has 3 aromatic carbocycles. The van der Waals surface area contributed by atoms with Gasteiger partial charge in [0.1, 0.15) is 0 Å². The second-order valence-electron chi connectivity index (χ2n) is 9.03. The number of hydrogen-bond donors (Lipinski definition) is 0. The predicted molar refractivity (Wildman–Crippen MR) is 153 cm³/mol. The molecule has 5 aromatic rings. The monoisotopic (exact) mass is 473 g/mol. The molecular formula is C34H37N2+. The average Bonchev–Trinajstić information content (AvgIpc) is 2.95. The first kappa shape index (κ1) is 25.3. The normalized spacial score (nSPS) is 15.5. The summed E-state index contributed by atoms with van der Waals surface area (Å²) in [6, 6.07) is 34.7. The van der Waals surface area contributed by atoms with Crippen molar-refractivity contribution in [3.63, 3.8) is 0 Å². The first-order valence-electron chi connectivity index (χ1n) is 13.2. The summed E-state index contributed by atoms with van der Waals surface area (Å²) >= 11 is 0. The van der Waals surface area contributed by atoms with Gasteiger partial charge < -0.3 is 0 Å². The molecular weight excluding hydrogens is 436 g/mol. The van der Waals surface area contributed by atoms with E-state index in [1.54, 1.807) is 0 Å². The van der Waals surface area contributed by atoms with Crippen LogP contribution in [0.3, 0.4) is 0 Å². The summed E-state index contributed by atoms with van der Waals surface area (Å²) in [6.45, 7) is 10.7. The maximum absolute atomic E-state index is 4.54. The van der Waals surface area contributed by atoms with Gasteiger partial charge in [-0.05, 0) is 55.0 Å². The number of aryl methyl sites for hydroxylation is 1. The van der Waals surface area contributed by atoms with E-state index in [1.807, 2.05) is 20.0 Å². The predicted octanol–water partition coefficient (Wildman–Crippen LogP) is 8.95. The maximum Gasteiger partial charge on any atom is 0.213 e. The zero-order chi connectivity index (χ0) is 25.5. The third-order valence-electron chi connectivity index (χ3n) is 7.06. The Bertz CT molecular complexity index is 1430. The maximum atomic E-state index is 4.54. The lowest BCUT2D eigenvalue weighted by atomic mass is 9.82. The average molecular weight is 474 g/mol. The van der Waals surface area contributed by atoms with E-state index >= 15 is 0 Å². The Morgan fingerprint density at radius 2 is 1.42 bits per heavy atom. The largest absolute Gasteiger partial charge is 0.256 e. The molecule has 2 aromatic heterocycles. The highest BCUT2D eigenvalue weighted by atomic mass is 15.0. The van der Waals surface area contributed by atoms with E-state index in [9.17, 15) is 0 Å². The van der Waals surface area contributed by atoms with Crippen molar-refractivity contribution in [1.82, 2.24) is 4.98 Å². The van der Waals surface area contributed by atoms with Crippen LogP contribution in [0.25, 0.3) is 33.3 Å². The van der Waals surface area contributed by atoms with Gasteiger partial charge in [-0.25, -0.2) is 0 Å². The first-order valence-corrected chi connectivity index (χ1v) is 13.2. The molecule has 182 valence electrons. The van der Waals surface area contributed by atoms with Crippen LogP contribution in [-0.4, -0.2) is 4.98 Å². The number of nitrogens with zero attached hydrogens (tertiary/aromatic N) is 2. The molecule has 1 aliphatic rings. The lowest BCUT2D eigenvalue weighted by Gasteiger charge is -2.27. The minimum atomic E-state index is 0.547. The SMILES string of the molecule is CC.CCC1c2ccccc2-c2cccc[n+]2[C@@H]1C.Cc1ccccc1-c1nccc2ccccc12. The van der Waals surface area contributed by atoms with Gasteiger partial charge in [0.15, 0.2) is 12.2 Å². The Balaban J connectivity index is 0.000000158. The van der Waals surface area contributed by atoms with Crippen molar-refractivity contribution >= 4 is 10.8 Å². The minimum absolute atomic E-state index is 0.547. The lowest BCUT2D eigenvalue weighted by Crippen LogP contribution is -2.45. The molecule has 3 heterocycles. The molecule has 0 spiro atoms. The standard InChI is InChI=1S/C16H13N.C16H18N.C2H6/c1-12-6-2-4-8-14(12)16-15-9-5-3-7-13(15)10-11-17-16;1-3-13-12(2)17-11-7-6-10-16(17)15-9-5-4-8-14(13)15;1-2/h2-11H,1H3;4-13H,3H2,1-2H3;1-2H3/q;+1;/t;12-,13?;/m.1./s1. The molecule has 6 rings (SSSR count). The van der Waals surface area contributed by atoms with Crippen molar-refractivity contribution in [1.29, 1.82) is 0 Å². The van der Waals surface area contributed by atoms with Crippen LogP contribution in [0.15, 0.2) is 109 Å². The van der Waals surface area contributed by atoms with E-state index in [4.69, 9.17) is 0 Å². The van der Waals surface area contributed by atoms with E-state index in [-0.39, 0.29) is 0 Å². The molecule has 2 nitrogen and oxygen atoms in total. The summed E-state index contributed by atoms with van der Waals surface area (Å²) in [5, 5.41) is 2.45. The van der Waals surface area contributed by atoms with Crippen LogP contribution < -0.4 is 4.57 Å². The molecule has 2 atom stereocenters. The molecule has 1 aliphatic heterocycles. The van der Waals surface area contributed by atoms with Gasteiger partial charge in [-0.3, -0.25) is 4.98 Å². The number of hydrogen-bond acceptors (Lipinski definition) is 1. The van der Waals surface area contributed by atoms with E-state index in [0.717, 1.165) is 5.69 Å². The van der Waals surface area contributed by atoms with E-state index in [1.165, 1.54) is 45.1 Å². The van der Waals surface area contributed by atoms with Crippen LogP contribution in [0.2, 0.25) is 0 Å². The van der Waals surface area contributed by atoms with Crippen molar-refractivity contribution < 1.29 is 4.57 Å². The highest BCUT2D eigenvalue weighted by molar-refractivity contribution is 5.94. The smallest absolute Gasteiger partial charge is 0.213 e. The highest BCUT2D eigenvalue weighted by Crippen LogP contribution is 2.39. The van der Waals surface area contributed by atoms with Crippen molar-refractivity contribution in [3.05, 3.63) is 121 Å². The van der Waals surface area contributed by atoms with Gasteiger partial charge in [0.2, 0.25) is 5.69 Å². The van der Waals surface area contributed by atoms with E-state index in [0.29, 0.717) is 12.0 Å². The lowest BCUT2D eigenvalue weighted by molar-refractivity contribution is -0.714. The molecule has 0 fully saturated rings. The van der Waals surface area contributed by atoms with Crippen molar-refractivity contribution in [2.24, 2.45) is 0 Å². The Hall–Kier alpha value is -3.78. The first-order chi connectivity index (χ1) is 17.7. The summed E-state index contributed by atoms with van der Waals surface area (Å²) < 4.78 is 2.41. The van der Waals surface area contributed by atoms with Crippen LogP contribution in [0.5, 0.6) is 0 Å². The summed E-state index contributed by atoms with van der Waals surface area (Å²) in [7, 11) is 0. The van der Waals surface area contributed by atoms with Gasteiger partial charge in [-0.2, -0.15) is 4.57 Å². The number of rotatable bonds is 2. The van der Waals surface area contributed by atoms with Crippen LogP contribution >= 0.6 is 0 Å². The molecule has 0 radical (unpaired) electrons. The Morgan fingerprint density at radius 1 is 0.750 bits per heavy atom. The van der Waals surface area contributed by atoms with Gasteiger partial charge in [0.25, 0.3) is 0 Å². The fourth-order valence-corrected chi connectivity index (χ4v) is 5.28.